The van der Waals surface area contributed by atoms with Crippen molar-refractivity contribution in [1.29, 1.82) is 5.26 Å². The molecule has 6 nitrogen and oxygen atoms in total. The predicted octanol–water partition coefficient (Wildman–Crippen LogP) is 3.16. The van der Waals surface area contributed by atoms with Gasteiger partial charge in [0.2, 0.25) is 0 Å². The zero-order valence-electron chi connectivity index (χ0n) is 11.3. The molecule has 1 aliphatic carbocycles. The van der Waals surface area contributed by atoms with Crippen LogP contribution >= 0.6 is 11.6 Å². The minimum atomic E-state index is -0.627. The molecule has 2 rings (SSSR count). The van der Waals surface area contributed by atoms with E-state index in [9.17, 15) is 14.9 Å². The van der Waals surface area contributed by atoms with Crippen molar-refractivity contribution in [3.63, 3.8) is 0 Å². The maximum atomic E-state index is 12.6. The van der Waals surface area contributed by atoms with E-state index in [1.54, 1.807) is 0 Å². The lowest BCUT2D eigenvalue weighted by Crippen LogP contribution is -2.39. The van der Waals surface area contributed by atoms with Crippen LogP contribution in [0.25, 0.3) is 0 Å². The first-order valence-corrected chi connectivity index (χ1v) is 7.04. The molecule has 1 aromatic rings. The Kier molecular flexibility index (Phi) is 4.76. The van der Waals surface area contributed by atoms with E-state index in [0.29, 0.717) is 0 Å². The van der Waals surface area contributed by atoms with E-state index in [-0.39, 0.29) is 28.9 Å². The van der Waals surface area contributed by atoms with Crippen LogP contribution in [0.3, 0.4) is 0 Å². The van der Waals surface area contributed by atoms with Crippen LogP contribution in [-0.2, 0) is 0 Å². The summed E-state index contributed by atoms with van der Waals surface area (Å²) >= 11 is 5.75. The molecule has 0 N–H and O–H groups in total. The smallest absolute Gasteiger partial charge is 0.283 e. The Morgan fingerprint density at radius 2 is 2.14 bits per heavy atom. The molecule has 0 atom stereocenters. The molecule has 0 unspecified atom stereocenters. The summed E-state index contributed by atoms with van der Waals surface area (Å²) in [4.78, 5) is 24.5. The van der Waals surface area contributed by atoms with Crippen LogP contribution in [0, 0.1) is 21.4 Å². The molecule has 0 aliphatic heterocycles. The Hall–Kier alpha value is -2.13. The summed E-state index contributed by atoms with van der Waals surface area (Å²) in [6.45, 7) is -0.0662. The van der Waals surface area contributed by atoms with Gasteiger partial charge in [-0.1, -0.05) is 24.4 Å². The highest BCUT2D eigenvalue weighted by atomic mass is 35.5. The molecule has 0 radical (unpaired) electrons. The molecule has 110 valence electrons. The van der Waals surface area contributed by atoms with Crippen molar-refractivity contribution in [2.75, 3.05) is 6.54 Å². The van der Waals surface area contributed by atoms with Crippen LogP contribution in [0.15, 0.2) is 18.2 Å². The second-order valence-corrected chi connectivity index (χ2v) is 5.38. The highest BCUT2D eigenvalue weighted by Crippen LogP contribution is 2.28. The molecule has 0 aromatic heterocycles. The molecule has 1 amide bonds. The van der Waals surface area contributed by atoms with Crippen LogP contribution in [0.1, 0.15) is 36.0 Å². The minimum absolute atomic E-state index is 0.0209. The number of benzene rings is 1. The Balaban J connectivity index is 2.36. The van der Waals surface area contributed by atoms with Gasteiger partial charge in [0.15, 0.2) is 0 Å². The summed E-state index contributed by atoms with van der Waals surface area (Å²) in [6, 6.07) is 5.90. The molecule has 1 aromatic carbocycles. The fraction of sp³-hybridized carbons (Fsp3) is 0.429. The first-order chi connectivity index (χ1) is 10.0. The van der Waals surface area contributed by atoms with Crippen molar-refractivity contribution < 1.29 is 9.72 Å². The normalized spacial score (nSPS) is 14.7. The van der Waals surface area contributed by atoms with Crippen LogP contribution < -0.4 is 0 Å². The largest absolute Gasteiger partial charge is 0.322 e. The van der Waals surface area contributed by atoms with Gasteiger partial charge in [0.1, 0.15) is 12.1 Å². The van der Waals surface area contributed by atoms with Crippen molar-refractivity contribution in [2.24, 2.45) is 0 Å². The summed E-state index contributed by atoms with van der Waals surface area (Å²) in [5.41, 5.74) is -0.347. The molecule has 0 saturated heterocycles. The van der Waals surface area contributed by atoms with Gasteiger partial charge in [0.05, 0.1) is 11.0 Å². The zero-order valence-corrected chi connectivity index (χ0v) is 12.0. The standard InChI is InChI=1S/C14H14ClN3O3/c15-10-5-6-12(13(9-10)18(20)21)14(19)17(8-7-16)11-3-1-2-4-11/h5-6,9,11H,1-4,8H2. The van der Waals surface area contributed by atoms with Crippen molar-refractivity contribution >= 4 is 23.2 Å². The second-order valence-electron chi connectivity index (χ2n) is 4.95. The third kappa shape index (κ3) is 3.31. The van der Waals surface area contributed by atoms with Crippen LogP contribution in [-0.4, -0.2) is 28.3 Å². The van der Waals surface area contributed by atoms with Gasteiger partial charge in [-0.25, -0.2) is 0 Å². The van der Waals surface area contributed by atoms with Gasteiger partial charge in [-0.2, -0.15) is 5.26 Å². The summed E-state index contributed by atoms with van der Waals surface area (Å²) in [5.74, 6) is -0.480. The quantitative estimate of drug-likeness (QED) is 0.485. The van der Waals surface area contributed by atoms with E-state index in [1.165, 1.54) is 17.0 Å². The lowest BCUT2D eigenvalue weighted by molar-refractivity contribution is -0.385. The van der Waals surface area contributed by atoms with Gasteiger partial charge in [-0.15, -0.1) is 0 Å². The van der Waals surface area contributed by atoms with Gasteiger partial charge < -0.3 is 4.90 Å². The molecule has 0 heterocycles. The number of nitrogens with zero attached hydrogens (tertiary/aromatic N) is 3. The van der Waals surface area contributed by atoms with Crippen molar-refractivity contribution in [2.45, 2.75) is 31.7 Å². The number of halogens is 1. The molecule has 0 bridgehead atoms. The van der Waals surface area contributed by atoms with Gasteiger partial charge >= 0.3 is 0 Å². The Morgan fingerprint density at radius 3 is 2.71 bits per heavy atom. The first kappa shape index (κ1) is 15.3. The minimum Gasteiger partial charge on any atom is -0.322 e. The fourth-order valence-electron chi connectivity index (χ4n) is 2.65. The third-order valence-corrected chi connectivity index (χ3v) is 3.89. The second kappa shape index (κ2) is 6.55. The SMILES string of the molecule is N#CCN(C(=O)c1ccc(Cl)cc1[N+](=O)[O-])C1CCCC1. The van der Waals surface area contributed by atoms with E-state index in [0.717, 1.165) is 31.7 Å². The van der Waals surface area contributed by atoms with E-state index >= 15 is 0 Å². The molecule has 0 spiro atoms. The maximum absolute atomic E-state index is 12.6. The molecule has 21 heavy (non-hydrogen) atoms. The van der Waals surface area contributed by atoms with E-state index in [1.807, 2.05) is 6.07 Å². The molecular weight excluding hydrogens is 294 g/mol. The number of carbonyl (C=O) groups is 1. The molecular formula is C14H14ClN3O3. The van der Waals surface area contributed by atoms with E-state index in [2.05, 4.69) is 0 Å². The highest BCUT2D eigenvalue weighted by Gasteiger charge is 2.31. The molecule has 1 aliphatic rings. The van der Waals surface area contributed by atoms with Crippen molar-refractivity contribution in [3.05, 3.63) is 38.9 Å². The zero-order chi connectivity index (χ0) is 15.4. The maximum Gasteiger partial charge on any atom is 0.283 e. The number of nitriles is 1. The monoisotopic (exact) mass is 307 g/mol. The fourth-order valence-corrected chi connectivity index (χ4v) is 2.82. The Bertz CT molecular complexity index is 606. The van der Waals surface area contributed by atoms with Crippen molar-refractivity contribution in [1.82, 2.24) is 4.90 Å². The summed E-state index contributed by atoms with van der Waals surface area (Å²) < 4.78 is 0. The van der Waals surface area contributed by atoms with Gasteiger partial charge in [-0.05, 0) is 25.0 Å². The van der Waals surface area contributed by atoms with E-state index < -0.39 is 10.8 Å². The molecule has 1 fully saturated rings. The topological polar surface area (TPSA) is 87.2 Å². The number of nitro groups is 1. The highest BCUT2D eigenvalue weighted by molar-refractivity contribution is 6.31. The number of amides is 1. The average Bonchev–Trinajstić information content (AvgIpc) is 2.97. The lowest BCUT2D eigenvalue weighted by atomic mass is 10.1. The summed E-state index contributed by atoms with van der Waals surface area (Å²) in [6.07, 6.45) is 3.66. The molecule has 1 saturated carbocycles. The van der Waals surface area contributed by atoms with Crippen LogP contribution in [0.4, 0.5) is 5.69 Å². The van der Waals surface area contributed by atoms with Crippen LogP contribution in [0.5, 0.6) is 0 Å². The Labute approximate surface area is 127 Å². The number of nitro benzene ring substituents is 1. The Morgan fingerprint density at radius 1 is 1.48 bits per heavy atom. The van der Waals surface area contributed by atoms with Gasteiger partial charge in [-0.3, -0.25) is 14.9 Å². The number of carbonyl (C=O) groups excluding carboxylic acids is 1. The summed E-state index contributed by atoms with van der Waals surface area (Å²) in [7, 11) is 0. The molecule has 7 heteroatoms. The van der Waals surface area contributed by atoms with E-state index in [4.69, 9.17) is 16.9 Å². The van der Waals surface area contributed by atoms with Gasteiger partial charge in [0, 0.05) is 17.1 Å². The number of rotatable bonds is 4. The summed E-state index contributed by atoms with van der Waals surface area (Å²) in [5, 5.41) is 20.2. The number of hydrogen-bond donors (Lipinski definition) is 0. The first-order valence-electron chi connectivity index (χ1n) is 6.66. The average molecular weight is 308 g/mol. The van der Waals surface area contributed by atoms with Gasteiger partial charge in [0.25, 0.3) is 11.6 Å². The van der Waals surface area contributed by atoms with Crippen LogP contribution in [0.2, 0.25) is 5.02 Å². The lowest BCUT2D eigenvalue weighted by Gasteiger charge is -2.26. The third-order valence-electron chi connectivity index (χ3n) is 3.65. The predicted molar refractivity (Wildman–Crippen MR) is 77.0 cm³/mol. The number of hydrogen-bond acceptors (Lipinski definition) is 4. The van der Waals surface area contributed by atoms with Crippen molar-refractivity contribution in [3.8, 4) is 6.07 Å².